The van der Waals surface area contributed by atoms with Crippen molar-refractivity contribution in [2.24, 2.45) is 0 Å². The van der Waals surface area contributed by atoms with Gasteiger partial charge in [-0.3, -0.25) is 0 Å². The zero-order valence-electron chi connectivity index (χ0n) is 27.0. The lowest BCUT2D eigenvalue weighted by molar-refractivity contribution is 1.07. The third-order valence-corrected chi connectivity index (χ3v) is 8.95. The summed E-state index contributed by atoms with van der Waals surface area (Å²) in [5.41, 5.74) is 10.7. The fourth-order valence-electron chi connectivity index (χ4n) is 6.28. The summed E-state index contributed by atoms with van der Waals surface area (Å²) in [6.07, 6.45) is 0. The summed E-state index contributed by atoms with van der Waals surface area (Å²) in [6, 6.07) is 59.9. The first-order valence-electron chi connectivity index (χ1n) is 16.6. The van der Waals surface area contributed by atoms with E-state index in [1.54, 1.807) is 0 Å². The van der Waals surface area contributed by atoms with Crippen molar-refractivity contribution in [2.75, 3.05) is 0 Å². The van der Waals surface area contributed by atoms with Crippen LogP contribution >= 0.6 is 0 Å². The molecule has 0 aliphatic heterocycles. The van der Waals surface area contributed by atoms with Crippen molar-refractivity contribution in [2.45, 2.75) is 0 Å². The number of nitrogens with zero attached hydrogens (tertiary/aromatic N) is 5. The van der Waals surface area contributed by atoms with Crippen molar-refractivity contribution in [3.63, 3.8) is 0 Å². The average molecular weight is 640 g/mol. The van der Waals surface area contributed by atoms with Gasteiger partial charge in [-0.15, -0.1) is 0 Å². The maximum absolute atomic E-state index is 5.14. The van der Waals surface area contributed by atoms with E-state index >= 15 is 0 Å². The van der Waals surface area contributed by atoms with E-state index < -0.39 is 0 Å². The van der Waals surface area contributed by atoms with E-state index in [-0.39, 0.29) is 0 Å². The van der Waals surface area contributed by atoms with Crippen molar-refractivity contribution in [1.82, 2.24) is 24.9 Å². The number of fused-ring (bicyclic) bond motifs is 3. The Morgan fingerprint density at radius 3 is 0.980 bits per heavy atom. The highest BCUT2D eigenvalue weighted by Crippen LogP contribution is 2.31. The smallest absolute Gasteiger partial charge is 0.164 e. The van der Waals surface area contributed by atoms with E-state index in [1.165, 1.54) is 5.56 Å². The molecule has 9 rings (SSSR count). The first-order chi connectivity index (χ1) is 24.7. The van der Waals surface area contributed by atoms with E-state index in [0.717, 1.165) is 66.6 Å². The normalized spacial score (nSPS) is 11.2. The molecule has 0 spiro atoms. The molecule has 0 fully saturated rings. The lowest BCUT2D eigenvalue weighted by Gasteiger charge is -2.10. The molecule has 0 saturated heterocycles. The maximum Gasteiger partial charge on any atom is 0.164 e. The number of hydrogen-bond donors (Lipinski definition) is 0. The van der Waals surface area contributed by atoms with Gasteiger partial charge in [-0.25, -0.2) is 24.9 Å². The summed E-state index contributed by atoms with van der Waals surface area (Å²) in [7, 11) is 0. The monoisotopic (exact) mass is 639 g/mol. The van der Waals surface area contributed by atoms with E-state index in [4.69, 9.17) is 24.9 Å². The summed E-state index contributed by atoms with van der Waals surface area (Å²) in [4.78, 5) is 25.0. The molecule has 0 aliphatic carbocycles. The van der Waals surface area contributed by atoms with Crippen molar-refractivity contribution in [3.05, 3.63) is 176 Å². The molecule has 0 saturated carbocycles. The lowest BCUT2D eigenvalue weighted by atomic mass is 10.0. The van der Waals surface area contributed by atoms with Gasteiger partial charge in [-0.05, 0) is 23.3 Å². The number of hydrogen-bond acceptors (Lipinski definition) is 5. The SMILES string of the molecule is c1ccc(-c2ccc(-c3nc(-c4ccccc4)nc(-c4ccc(-c5ccc6ccc7ccc(-c8ccccc8)nc7c6n5)cc4)n3)cc2)cc1. The van der Waals surface area contributed by atoms with Crippen LogP contribution in [0.25, 0.3) is 89.6 Å². The summed E-state index contributed by atoms with van der Waals surface area (Å²) in [5, 5.41) is 2.12. The molecular formula is C45H29N5. The van der Waals surface area contributed by atoms with Crippen LogP contribution in [0.3, 0.4) is 0 Å². The summed E-state index contributed by atoms with van der Waals surface area (Å²) in [5.74, 6) is 1.87. The van der Waals surface area contributed by atoms with Gasteiger partial charge in [0.1, 0.15) is 0 Å². The molecule has 0 N–H and O–H groups in total. The first-order valence-corrected chi connectivity index (χ1v) is 16.6. The van der Waals surface area contributed by atoms with Crippen molar-refractivity contribution < 1.29 is 0 Å². The molecule has 50 heavy (non-hydrogen) atoms. The molecule has 234 valence electrons. The van der Waals surface area contributed by atoms with Crippen molar-refractivity contribution in [1.29, 1.82) is 0 Å². The molecule has 0 bridgehead atoms. The van der Waals surface area contributed by atoms with Crippen LogP contribution in [0.5, 0.6) is 0 Å². The van der Waals surface area contributed by atoms with Crippen LogP contribution in [0.1, 0.15) is 0 Å². The highest BCUT2D eigenvalue weighted by Gasteiger charge is 2.14. The van der Waals surface area contributed by atoms with Crippen LogP contribution < -0.4 is 0 Å². The van der Waals surface area contributed by atoms with Crippen LogP contribution in [0.2, 0.25) is 0 Å². The second-order valence-corrected chi connectivity index (χ2v) is 12.2. The molecule has 0 amide bonds. The van der Waals surface area contributed by atoms with Crippen molar-refractivity contribution in [3.8, 4) is 67.8 Å². The molecule has 3 heterocycles. The number of pyridine rings is 2. The fraction of sp³-hybridized carbons (Fsp3) is 0. The Morgan fingerprint density at radius 1 is 0.220 bits per heavy atom. The molecule has 5 nitrogen and oxygen atoms in total. The quantitative estimate of drug-likeness (QED) is 0.169. The van der Waals surface area contributed by atoms with Gasteiger partial charge in [0.15, 0.2) is 17.5 Å². The third kappa shape index (κ3) is 5.67. The molecule has 0 atom stereocenters. The second kappa shape index (κ2) is 12.6. The Bertz CT molecular complexity index is 2600. The van der Waals surface area contributed by atoms with E-state index in [1.807, 2.05) is 54.6 Å². The van der Waals surface area contributed by atoms with Crippen molar-refractivity contribution >= 4 is 21.8 Å². The molecule has 9 aromatic rings. The van der Waals surface area contributed by atoms with Gasteiger partial charge < -0.3 is 0 Å². The maximum atomic E-state index is 5.14. The molecule has 0 aliphatic rings. The predicted molar refractivity (Wildman–Crippen MR) is 203 cm³/mol. The Hall–Kier alpha value is -6.85. The minimum atomic E-state index is 0.614. The summed E-state index contributed by atoms with van der Waals surface area (Å²) >= 11 is 0. The van der Waals surface area contributed by atoms with Crippen LogP contribution in [-0.2, 0) is 0 Å². The lowest BCUT2D eigenvalue weighted by Crippen LogP contribution is -2.00. The Kier molecular flexibility index (Phi) is 7.41. The predicted octanol–water partition coefficient (Wildman–Crippen LogP) is 11.0. The van der Waals surface area contributed by atoms with Gasteiger partial charge in [0.2, 0.25) is 0 Å². The van der Waals surface area contributed by atoms with Gasteiger partial charge in [-0.2, -0.15) is 0 Å². The van der Waals surface area contributed by atoms with E-state index in [0.29, 0.717) is 17.5 Å². The van der Waals surface area contributed by atoms with Crippen LogP contribution in [0, 0.1) is 0 Å². The minimum Gasteiger partial charge on any atom is -0.245 e. The first kappa shape index (κ1) is 29.3. The Morgan fingerprint density at radius 2 is 0.520 bits per heavy atom. The fourth-order valence-corrected chi connectivity index (χ4v) is 6.28. The summed E-state index contributed by atoms with van der Waals surface area (Å²) < 4.78 is 0. The highest BCUT2D eigenvalue weighted by molar-refractivity contribution is 6.04. The molecular weight excluding hydrogens is 611 g/mol. The summed E-state index contributed by atoms with van der Waals surface area (Å²) in [6.45, 7) is 0. The molecule has 3 aromatic heterocycles. The third-order valence-electron chi connectivity index (χ3n) is 8.95. The highest BCUT2D eigenvalue weighted by atomic mass is 15.0. The number of aromatic nitrogens is 5. The Labute approximate surface area is 289 Å². The number of rotatable bonds is 6. The van der Waals surface area contributed by atoms with Crippen LogP contribution in [0.4, 0.5) is 0 Å². The van der Waals surface area contributed by atoms with Gasteiger partial charge >= 0.3 is 0 Å². The molecule has 0 radical (unpaired) electrons. The van der Waals surface area contributed by atoms with Gasteiger partial charge in [0.25, 0.3) is 0 Å². The standard InChI is InChI=1S/C45H29N5/c1-4-10-30(11-5-1)31-16-22-37(23-17-31)44-48-43(36-14-8-3-9-15-36)49-45(50-44)38-24-18-33(19-25-38)40-29-27-35-21-20-34-26-28-39(32-12-6-2-7-13-32)46-41(34)42(35)47-40/h1-29H. The van der Waals surface area contributed by atoms with Crippen LogP contribution in [0.15, 0.2) is 176 Å². The van der Waals surface area contributed by atoms with E-state index in [9.17, 15) is 0 Å². The topological polar surface area (TPSA) is 64.5 Å². The zero-order chi connectivity index (χ0) is 33.3. The number of benzene rings is 6. The zero-order valence-corrected chi connectivity index (χ0v) is 27.0. The Balaban J connectivity index is 1.09. The minimum absolute atomic E-state index is 0.614. The average Bonchev–Trinajstić information content (AvgIpc) is 3.21. The van der Waals surface area contributed by atoms with Crippen LogP contribution in [-0.4, -0.2) is 24.9 Å². The van der Waals surface area contributed by atoms with Gasteiger partial charge in [0, 0.05) is 38.6 Å². The molecule has 5 heteroatoms. The second-order valence-electron chi connectivity index (χ2n) is 12.2. The van der Waals surface area contributed by atoms with E-state index in [2.05, 4.69) is 121 Å². The molecule has 6 aromatic carbocycles. The van der Waals surface area contributed by atoms with Gasteiger partial charge in [0.05, 0.1) is 22.4 Å². The largest absolute Gasteiger partial charge is 0.245 e. The van der Waals surface area contributed by atoms with Gasteiger partial charge in [-0.1, -0.05) is 164 Å². The molecule has 0 unspecified atom stereocenters.